The molecule has 4 aromatic carbocycles. The summed E-state index contributed by atoms with van der Waals surface area (Å²) in [6.07, 6.45) is 0. The van der Waals surface area contributed by atoms with Crippen LogP contribution in [-0.2, 0) is 16.6 Å². The molecule has 0 unspecified atom stereocenters. The van der Waals surface area contributed by atoms with E-state index in [9.17, 15) is 13.2 Å². The van der Waals surface area contributed by atoms with E-state index >= 15 is 0 Å². The summed E-state index contributed by atoms with van der Waals surface area (Å²) >= 11 is 0. The van der Waals surface area contributed by atoms with E-state index in [1.807, 2.05) is 36.4 Å². The maximum absolute atomic E-state index is 13.5. The van der Waals surface area contributed by atoms with Crippen molar-refractivity contribution >= 4 is 43.2 Å². The highest BCUT2D eigenvalue weighted by Gasteiger charge is 2.31. The highest BCUT2D eigenvalue weighted by Crippen LogP contribution is 2.40. The van der Waals surface area contributed by atoms with Crippen LogP contribution < -0.4 is 9.64 Å². The number of hydrogen-bond acceptors (Lipinski definition) is 4. The van der Waals surface area contributed by atoms with E-state index in [0.29, 0.717) is 16.3 Å². The summed E-state index contributed by atoms with van der Waals surface area (Å²) in [6.45, 7) is 0.228. The molecule has 0 bridgehead atoms. The molecule has 0 radical (unpaired) electrons. The maximum Gasteiger partial charge on any atom is 0.258 e. The fourth-order valence-electron chi connectivity index (χ4n) is 4.34. The van der Waals surface area contributed by atoms with Crippen LogP contribution in [0.2, 0.25) is 0 Å². The number of nitrogens with zero attached hydrogens (tertiary/aromatic N) is 2. The lowest BCUT2D eigenvalue weighted by atomic mass is 10.1. The molecule has 0 atom stereocenters. The topological polar surface area (TPSA) is 66.9 Å². The Morgan fingerprint density at radius 2 is 1.72 bits per heavy atom. The fraction of sp³-hybridized carbons (Fsp3) is 0.160. The van der Waals surface area contributed by atoms with Crippen LogP contribution in [0, 0.1) is 0 Å². The lowest BCUT2D eigenvalue weighted by Crippen LogP contribution is -2.26. The molecule has 0 N–H and O–H groups in total. The quantitative estimate of drug-likeness (QED) is 0.455. The Bertz CT molecular complexity index is 1510. The number of carbonyl (C=O) groups is 1. The van der Waals surface area contributed by atoms with Crippen molar-refractivity contribution in [2.75, 3.05) is 26.1 Å². The summed E-state index contributed by atoms with van der Waals surface area (Å²) in [4.78, 5) is 14.3. The summed E-state index contributed by atoms with van der Waals surface area (Å²) in [5.41, 5.74) is 2.14. The van der Waals surface area contributed by atoms with Gasteiger partial charge in [-0.1, -0.05) is 30.3 Å². The molecular weight excluding hydrogens is 424 g/mol. The van der Waals surface area contributed by atoms with Gasteiger partial charge < -0.3 is 9.64 Å². The zero-order valence-electron chi connectivity index (χ0n) is 18.0. The summed E-state index contributed by atoms with van der Waals surface area (Å²) in [7, 11) is 1.12. The average Bonchev–Trinajstić information content (AvgIpc) is 3.05. The van der Waals surface area contributed by atoms with Crippen LogP contribution in [0.5, 0.6) is 5.75 Å². The van der Waals surface area contributed by atoms with Crippen molar-refractivity contribution in [2.45, 2.75) is 11.4 Å². The first-order valence-corrected chi connectivity index (χ1v) is 11.6. The van der Waals surface area contributed by atoms with Crippen molar-refractivity contribution in [2.24, 2.45) is 0 Å². The van der Waals surface area contributed by atoms with Crippen LogP contribution in [0.3, 0.4) is 0 Å². The minimum absolute atomic E-state index is 0.124. The molecule has 5 rings (SSSR count). The number of fused-ring (bicyclic) bond motifs is 1. The van der Waals surface area contributed by atoms with E-state index in [0.717, 1.165) is 27.8 Å². The Morgan fingerprint density at radius 1 is 0.969 bits per heavy atom. The number of carbonyl (C=O) groups excluding carboxylic acids is 1. The minimum atomic E-state index is -3.78. The molecule has 6 nitrogen and oxygen atoms in total. The Kier molecular flexibility index (Phi) is 4.69. The first kappa shape index (κ1) is 20.5. The van der Waals surface area contributed by atoms with E-state index in [2.05, 4.69) is 0 Å². The van der Waals surface area contributed by atoms with Crippen LogP contribution in [0.15, 0.2) is 71.6 Å². The van der Waals surface area contributed by atoms with E-state index in [4.69, 9.17) is 4.74 Å². The van der Waals surface area contributed by atoms with Gasteiger partial charge in [0.05, 0.1) is 17.7 Å². The third-order valence-electron chi connectivity index (χ3n) is 6.08. The summed E-state index contributed by atoms with van der Waals surface area (Å²) in [5, 5.41) is 3.30. The molecule has 0 aliphatic carbocycles. The van der Waals surface area contributed by atoms with Gasteiger partial charge in [-0.15, -0.1) is 0 Å². The smallest absolute Gasteiger partial charge is 0.258 e. The van der Waals surface area contributed by atoms with Gasteiger partial charge in [-0.05, 0) is 52.7 Å². The maximum atomic E-state index is 13.5. The third-order valence-corrected chi connectivity index (χ3v) is 7.94. The van der Waals surface area contributed by atoms with Crippen LogP contribution in [0.4, 0.5) is 5.69 Å². The average molecular weight is 447 g/mol. The number of benzene rings is 4. The Balaban J connectivity index is 1.52. The largest absolute Gasteiger partial charge is 0.497 e. The molecule has 0 fully saturated rings. The fourth-order valence-corrected chi connectivity index (χ4v) is 5.69. The summed E-state index contributed by atoms with van der Waals surface area (Å²) in [5.74, 6) is 0.655. The summed E-state index contributed by atoms with van der Waals surface area (Å²) in [6, 6.07) is 20.2. The predicted molar refractivity (Wildman–Crippen MR) is 126 cm³/mol. The van der Waals surface area contributed by atoms with Crippen molar-refractivity contribution in [3.05, 3.63) is 77.9 Å². The zero-order chi connectivity index (χ0) is 22.6. The number of anilines is 1. The van der Waals surface area contributed by atoms with Crippen LogP contribution in [-0.4, -0.2) is 39.8 Å². The highest BCUT2D eigenvalue weighted by molar-refractivity contribution is 7.89. The van der Waals surface area contributed by atoms with Crippen molar-refractivity contribution in [3.63, 3.8) is 0 Å². The van der Waals surface area contributed by atoms with Gasteiger partial charge >= 0.3 is 0 Å². The lowest BCUT2D eigenvalue weighted by Gasteiger charge is -2.19. The molecule has 32 heavy (non-hydrogen) atoms. The molecule has 0 saturated carbocycles. The van der Waals surface area contributed by atoms with Crippen molar-refractivity contribution < 1.29 is 17.9 Å². The number of ether oxygens (including phenoxy) is 1. The van der Waals surface area contributed by atoms with Gasteiger partial charge in [0.25, 0.3) is 5.91 Å². The van der Waals surface area contributed by atoms with Gasteiger partial charge in [-0.2, -0.15) is 4.31 Å². The molecule has 0 aromatic heterocycles. The Hall–Kier alpha value is -3.42. The first-order chi connectivity index (χ1) is 15.3. The van der Waals surface area contributed by atoms with E-state index < -0.39 is 10.0 Å². The second-order valence-corrected chi connectivity index (χ2v) is 10.00. The summed E-state index contributed by atoms with van der Waals surface area (Å²) < 4.78 is 33.6. The normalized spacial score (nSPS) is 13.5. The van der Waals surface area contributed by atoms with Gasteiger partial charge in [-0.3, -0.25) is 4.79 Å². The molecular formula is C25H22N2O4S. The number of hydrogen-bond donors (Lipinski definition) is 0. The van der Waals surface area contributed by atoms with E-state index in [-0.39, 0.29) is 17.3 Å². The monoisotopic (exact) mass is 446 g/mol. The number of rotatable bonds is 5. The minimum Gasteiger partial charge on any atom is -0.497 e. The SMILES string of the molecule is COc1ccc2cc(CN(C)S(=O)(=O)c3ccc4c5c(cccc35)C(=O)N4C)ccc2c1. The molecule has 7 heteroatoms. The molecule has 0 saturated heterocycles. The number of sulfonamides is 1. The third kappa shape index (κ3) is 3.04. The van der Waals surface area contributed by atoms with Crippen LogP contribution in [0.25, 0.3) is 21.5 Å². The van der Waals surface area contributed by atoms with Crippen molar-refractivity contribution in [1.29, 1.82) is 0 Å². The molecule has 1 aliphatic heterocycles. The van der Waals surface area contributed by atoms with Gasteiger partial charge in [0.15, 0.2) is 0 Å². The highest BCUT2D eigenvalue weighted by atomic mass is 32.2. The van der Waals surface area contributed by atoms with Crippen LogP contribution in [0.1, 0.15) is 15.9 Å². The Labute approximate surface area is 186 Å². The number of amides is 1. The molecule has 0 spiro atoms. The van der Waals surface area contributed by atoms with E-state index in [1.54, 1.807) is 56.4 Å². The lowest BCUT2D eigenvalue weighted by molar-refractivity contribution is 0.0999. The predicted octanol–water partition coefficient (Wildman–Crippen LogP) is 4.41. The van der Waals surface area contributed by atoms with Crippen LogP contribution >= 0.6 is 0 Å². The van der Waals surface area contributed by atoms with Crippen molar-refractivity contribution in [3.8, 4) is 5.75 Å². The second-order valence-electron chi connectivity index (χ2n) is 7.98. The molecule has 4 aromatic rings. The Morgan fingerprint density at radius 3 is 2.50 bits per heavy atom. The van der Waals surface area contributed by atoms with Gasteiger partial charge in [0.2, 0.25) is 10.0 Å². The van der Waals surface area contributed by atoms with Gasteiger partial charge in [0, 0.05) is 37.0 Å². The molecule has 1 heterocycles. The van der Waals surface area contributed by atoms with Crippen molar-refractivity contribution in [1.82, 2.24) is 4.31 Å². The molecule has 162 valence electrons. The molecule has 1 amide bonds. The standard InChI is InChI=1S/C25H22N2O4S/c1-26(15-16-7-8-18-14-19(31-3)10-9-17(18)13-16)32(29,30)23-12-11-22-24-20(23)5-4-6-21(24)25(28)27(22)2/h4-14H,15H2,1-3H3. The van der Waals surface area contributed by atoms with Gasteiger partial charge in [-0.25, -0.2) is 8.42 Å². The van der Waals surface area contributed by atoms with Gasteiger partial charge in [0.1, 0.15) is 5.75 Å². The second kappa shape index (κ2) is 7.32. The number of methoxy groups -OCH3 is 1. The first-order valence-electron chi connectivity index (χ1n) is 10.2. The molecule has 1 aliphatic rings. The zero-order valence-corrected chi connectivity index (χ0v) is 18.8. The van der Waals surface area contributed by atoms with E-state index in [1.165, 1.54) is 4.31 Å².